The van der Waals surface area contributed by atoms with Crippen LogP contribution < -0.4 is 0 Å². The van der Waals surface area contributed by atoms with Crippen LogP contribution in [0.25, 0.3) is 6.08 Å². The highest BCUT2D eigenvalue weighted by molar-refractivity contribution is 9.10. The van der Waals surface area contributed by atoms with E-state index in [1.165, 1.54) is 32.3 Å². The van der Waals surface area contributed by atoms with E-state index in [9.17, 15) is 0 Å². The third kappa shape index (κ3) is 1.83. The quantitative estimate of drug-likeness (QED) is 0.677. The fourth-order valence-corrected chi connectivity index (χ4v) is 3.01. The van der Waals surface area contributed by atoms with Crippen LogP contribution in [0.2, 0.25) is 0 Å². The summed E-state index contributed by atoms with van der Waals surface area (Å²) in [4.78, 5) is 0. The molecular formula is C17H15Br. The minimum absolute atomic E-state index is 0.400. The molecule has 0 amide bonds. The van der Waals surface area contributed by atoms with Crippen molar-refractivity contribution in [1.82, 2.24) is 0 Å². The van der Waals surface area contributed by atoms with Crippen molar-refractivity contribution < 1.29 is 0 Å². The number of hydrogen-bond acceptors (Lipinski definition) is 0. The second-order valence-electron chi connectivity index (χ2n) is 4.95. The summed E-state index contributed by atoms with van der Waals surface area (Å²) in [5, 5.41) is 0. The Hall–Kier alpha value is -1.34. The third-order valence-electron chi connectivity index (χ3n) is 3.63. The van der Waals surface area contributed by atoms with Gasteiger partial charge in [0.1, 0.15) is 0 Å². The molecule has 2 aromatic rings. The van der Waals surface area contributed by atoms with Crippen LogP contribution >= 0.6 is 15.9 Å². The Labute approximate surface area is 116 Å². The van der Waals surface area contributed by atoms with E-state index in [1.54, 1.807) is 0 Å². The highest BCUT2D eigenvalue weighted by Crippen LogP contribution is 2.39. The van der Waals surface area contributed by atoms with Gasteiger partial charge >= 0.3 is 0 Å². The summed E-state index contributed by atoms with van der Waals surface area (Å²) < 4.78 is 1.23. The van der Waals surface area contributed by atoms with Crippen LogP contribution in [0.4, 0.5) is 0 Å². The molecule has 1 aliphatic carbocycles. The zero-order chi connectivity index (χ0) is 12.7. The molecule has 0 saturated carbocycles. The van der Waals surface area contributed by atoms with E-state index in [0.717, 1.165) is 0 Å². The van der Waals surface area contributed by atoms with Gasteiger partial charge in [-0.2, -0.15) is 0 Å². The van der Waals surface area contributed by atoms with Gasteiger partial charge < -0.3 is 0 Å². The molecule has 1 aliphatic rings. The van der Waals surface area contributed by atoms with Crippen molar-refractivity contribution in [2.24, 2.45) is 0 Å². The molecule has 0 spiro atoms. The van der Waals surface area contributed by atoms with Gasteiger partial charge in [0.2, 0.25) is 0 Å². The second kappa shape index (κ2) is 4.40. The number of halogens is 1. The Bertz CT molecular complexity index is 621. The molecule has 90 valence electrons. The Morgan fingerprint density at radius 3 is 2.39 bits per heavy atom. The maximum atomic E-state index is 3.69. The lowest BCUT2D eigenvalue weighted by Crippen LogP contribution is -1.96. The fourth-order valence-electron chi connectivity index (χ4n) is 2.52. The van der Waals surface area contributed by atoms with Gasteiger partial charge in [-0.3, -0.25) is 0 Å². The molecule has 1 heteroatoms. The molecule has 2 aromatic carbocycles. The first kappa shape index (κ1) is 11.7. The average molecular weight is 299 g/mol. The molecule has 1 atom stereocenters. The Balaban J connectivity index is 2.08. The van der Waals surface area contributed by atoms with Crippen molar-refractivity contribution in [3.05, 3.63) is 74.8 Å². The van der Waals surface area contributed by atoms with Crippen molar-refractivity contribution >= 4 is 22.0 Å². The first-order chi connectivity index (χ1) is 8.66. The summed E-state index contributed by atoms with van der Waals surface area (Å²) in [5.41, 5.74) is 6.71. The van der Waals surface area contributed by atoms with Crippen LogP contribution in [0.1, 0.15) is 33.7 Å². The van der Waals surface area contributed by atoms with E-state index in [0.29, 0.717) is 5.92 Å². The first-order valence-corrected chi connectivity index (χ1v) is 7.00. The van der Waals surface area contributed by atoms with Gasteiger partial charge in [0, 0.05) is 10.4 Å². The number of aryl methyl sites for hydroxylation is 2. The Kier molecular flexibility index (Phi) is 2.87. The SMILES string of the molecule is Cc1ccc(C2C=Cc3c2ccc(C)c3Br)cc1. The van der Waals surface area contributed by atoms with E-state index < -0.39 is 0 Å². The van der Waals surface area contributed by atoms with Crippen LogP contribution in [0.15, 0.2) is 46.9 Å². The van der Waals surface area contributed by atoms with Gasteiger partial charge in [-0.1, -0.05) is 54.1 Å². The standard InChI is InChI=1S/C17H15Br/c1-11-3-6-13(7-4-11)14-9-10-16-15(14)8-5-12(2)17(16)18/h3-10,14H,1-2H3. The van der Waals surface area contributed by atoms with E-state index in [2.05, 4.69) is 78.3 Å². The molecular weight excluding hydrogens is 284 g/mol. The molecule has 3 rings (SSSR count). The van der Waals surface area contributed by atoms with Crippen molar-refractivity contribution in [2.45, 2.75) is 19.8 Å². The monoisotopic (exact) mass is 298 g/mol. The van der Waals surface area contributed by atoms with Gasteiger partial charge in [-0.25, -0.2) is 0 Å². The van der Waals surface area contributed by atoms with Crippen LogP contribution in [-0.2, 0) is 0 Å². The number of fused-ring (bicyclic) bond motifs is 1. The lowest BCUT2D eigenvalue weighted by atomic mass is 9.92. The van der Waals surface area contributed by atoms with Crippen LogP contribution in [0, 0.1) is 13.8 Å². The normalized spacial score (nSPS) is 16.9. The lowest BCUT2D eigenvalue weighted by Gasteiger charge is -2.13. The maximum Gasteiger partial charge on any atom is 0.0279 e. The minimum atomic E-state index is 0.400. The molecule has 0 radical (unpaired) electrons. The van der Waals surface area contributed by atoms with E-state index >= 15 is 0 Å². The van der Waals surface area contributed by atoms with Gasteiger partial charge in [0.15, 0.2) is 0 Å². The Morgan fingerprint density at radius 2 is 1.67 bits per heavy atom. The summed E-state index contributed by atoms with van der Waals surface area (Å²) in [5.74, 6) is 0.400. The second-order valence-corrected chi connectivity index (χ2v) is 5.74. The predicted molar refractivity (Wildman–Crippen MR) is 80.9 cm³/mol. The fraction of sp³-hybridized carbons (Fsp3) is 0.176. The summed E-state index contributed by atoms with van der Waals surface area (Å²) in [6.45, 7) is 4.26. The van der Waals surface area contributed by atoms with Crippen molar-refractivity contribution in [1.29, 1.82) is 0 Å². The molecule has 0 fully saturated rings. The number of hydrogen-bond donors (Lipinski definition) is 0. The first-order valence-electron chi connectivity index (χ1n) is 6.20. The van der Waals surface area contributed by atoms with Crippen LogP contribution in [0.3, 0.4) is 0 Å². The highest BCUT2D eigenvalue weighted by Gasteiger charge is 2.21. The van der Waals surface area contributed by atoms with Crippen molar-refractivity contribution in [3.63, 3.8) is 0 Å². The summed E-state index contributed by atoms with van der Waals surface area (Å²) in [6, 6.07) is 13.3. The number of allylic oxidation sites excluding steroid dienone is 1. The number of benzene rings is 2. The van der Waals surface area contributed by atoms with Gasteiger partial charge in [0.25, 0.3) is 0 Å². The third-order valence-corrected chi connectivity index (χ3v) is 4.69. The average Bonchev–Trinajstić information content (AvgIpc) is 2.79. The molecule has 0 nitrogen and oxygen atoms in total. The van der Waals surface area contributed by atoms with Gasteiger partial charge in [-0.15, -0.1) is 0 Å². The molecule has 0 N–H and O–H groups in total. The van der Waals surface area contributed by atoms with Gasteiger partial charge in [0.05, 0.1) is 0 Å². The molecule has 0 heterocycles. The van der Waals surface area contributed by atoms with Crippen LogP contribution in [0.5, 0.6) is 0 Å². The predicted octanol–water partition coefficient (Wildman–Crippen LogP) is 5.22. The molecule has 0 aliphatic heterocycles. The largest absolute Gasteiger partial charge is 0.0720 e. The van der Waals surface area contributed by atoms with E-state index in [4.69, 9.17) is 0 Å². The zero-order valence-corrected chi connectivity index (χ0v) is 12.2. The van der Waals surface area contributed by atoms with Gasteiger partial charge in [-0.05, 0) is 52.0 Å². The van der Waals surface area contributed by atoms with Crippen molar-refractivity contribution in [3.8, 4) is 0 Å². The number of rotatable bonds is 1. The van der Waals surface area contributed by atoms with Crippen molar-refractivity contribution in [2.75, 3.05) is 0 Å². The maximum absolute atomic E-state index is 3.69. The molecule has 0 saturated heterocycles. The zero-order valence-electron chi connectivity index (χ0n) is 10.6. The van der Waals surface area contributed by atoms with E-state index in [1.807, 2.05) is 0 Å². The molecule has 18 heavy (non-hydrogen) atoms. The van der Waals surface area contributed by atoms with E-state index in [-0.39, 0.29) is 0 Å². The minimum Gasteiger partial charge on any atom is -0.0720 e. The Morgan fingerprint density at radius 1 is 0.944 bits per heavy atom. The van der Waals surface area contributed by atoms with Crippen LogP contribution in [-0.4, -0.2) is 0 Å². The summed E-state index contributed by atoms with van der Waals surface area (Å²) in [7, 11) is 0. The smallest absolute Gasteiger partial charge is 0.0279 e. The highest BCUT2D eigenvalue weighted by atomic mass is 79.9. The lowest BCUT2D eigenvalue weighted by molar-refractivity contribution is 1.04. The molecule has 1 unspecified atom stereocenters. The summed E-state index contributed by atoms with van der Waals surface area (Å²) >= 11 is 3.69. The summed E-state index contributed by atoms with van der Waals surface area (Å²) in [6.07, 6.45) is 4.52. The molecule has 0 aromatic heterocycles. The topological polar surface area (TPSA) is 0 Å². The molecule has 0 bridgehead atoms.